The van der Waals surface area contributed by atoms with Gasteiger partial charge in [0.15, 0.2) is 0 Å². The third-order valence-corrected chi connectivity index (χ3v) is 6.78. The van der Waals surface area contributed by atoms with Crippen molar-refractivity contribution in [3.8, 4) is 11.1 Å². The molecule has 4 nitrogen and oxygen atoms in total. The lowest BCUT2D eigenvalue weighted by Gasteiger charge is -2.09. The van der Waals surface area contributed by atoms with Crippen molar-refractivity contribution in [2.45, 2.75) is 13.3 Å². The zero-order chi connectivity index (χ0) is 21.7. The van der Waals surface area contributed by atoms with E-state index in [2.05, 4.69) is 63.6 Å². The van der Waals surface area contributed by atoms with Crippen LogP contribution in [0.2, 0.25) is 0 Å². The lowest BCUT2D eigenvalue weighted by molar-refractivity contribution is 0.628. The molecule has 3 heterocycles. The minimum atomic E-state index is -0.249. The van der Waals surface area contributed by atoms with Crippen molar-refractivity contribution in [1.82, 2.24) is 15.0 Å². The number of para-hydroxylation sites is 1. The average Bonchev–Trinajstić information content (AvgIpc) is 3.41. The summed E-state index contributed by atoms with van der Waals surface area (Å²) >= 11 is 1.56. The van der Waals surface area contributed by atoms with E-state index in [1.54, 1.807) is 29.8 Å². The molecule has 6 aromatic rings. The van der Waals surface area contributed by atoms with Crippen LogP contribution < -0.4 is 5.32 Å². The third-order valence-electron chi connectivity index (χ3n) is 5.89. The first-order valence-corrected chi connectivity index (χ1v) is 11.4. The van der Waals surface area contributed by atoms with Crippen LogP contribution in [0.5, 0.6) is 0 Å². The third kappa shape index (κ3) is 3.03. The van der Waals surface area contributed by atoms with E-state index in [1.165, 1.54) is 34.0 Å². The quantitative estimate of drug-likeness (QED) is 0.301. The molecular weight excluding hydrogens is 419 g/mol. The second-order valence-electron chi connectivity index (χ2n) is 7.76. The molecule has 6 rings (SSSR count). The molecule has 0 saturated carbocycles. The number of rotatable bonds is 4. The average molecular weight is 439 g/mol. The number of fused-ring (bicyclic) bond motifs is 4. The maximum absolute atomic E-state index is 13.4. The Kier molecular flexibility index (Phi) is 4.40. The number of aryl methyl sites for hydroxylation is 1. The molecular formula is C26H19FN4S. The molecule has 0 fully saturated rings. The molecule has 0 bridgehead atoms. The Hall–Kier alpha value is -3.77. The number of nitrogens with one attached hydrogen (secondary N) is 2. The zero-order valence-corrected chi connectivity index (χ0v) is 18.1. The number of hydrogen-bond donors (Lipinski definition) is 2. The van der Waals surface area contributed by atoms with Crippen LogP contribution in [0.25, 0.3) is 43.1 Å². The summed E-state index contributed by atoms with van der Waals surface area (Å²) in [6.07, 6.45) is 2.56. The van der Waals surface area contributed by atoms with Gasteiger partial charge >= 0.3 is 0 Å². The molecule has 0 radical (unpaired) electrons. The Balaban J connectivity index is 1.45. The van der Waals surface area contributed by atoms with Crippen molar-refractivity contribution >= 4 is 54.9 Å². The summed E-state index contributed by atoms with van der Waals surface area (Å²) in [6.45, 7) is 2.17. The van der Waals surface area contributed by atoms with E-state index >= 15 is 0 Å². The van der Waals surface area contributed by atoms with E-state index in [0.717, 1.165) is 44.8 Å². The van der Waals surface area contributed by atoms with Gasteiger partial charge in [-0.25, -0.2) is 14.4 Å². The van der Waals surface area contributed by atoms with Crippen LogP contribution in [0.1, 0.15) is 12.5 Å². The van der Waals surface area contributed by atoms with Gasteiger partial charge in [0, 0.05) is 38.4 Å². The van der Waals surface area contributed by atoms with Gasteiger partial charge in [-0.3, -0.25) is 0 Å². The normalized spacial score (nSPS) is 11.6. The van der Waals surface area contributed by atoms with Gasteiger partial charge in [0.1, 0.15) is 22.8 Å². The minimum Gasteiger partial charge on any atom is -0.354 e. The standard InChI is InChI=1S/C26H19FN4S/c1-2-15-4-3-5-20-19-11-10-18(12-22(19)31-24(15)20)30-25-23-21(13-32-26(23)29-14-28-25)16-6-8-17(27)9-7-16/h3-14,31H,2H2,1H3,(H,28,29,30). The second kappa shape index (κ2) is 7.43. The molecule has 3 aromatic carbocycles. The predicted octanol–water partition coefficient (Wildman–Crippen LogP) is 7.44. The first-order valence-electron chi connectivity index (χ1n) is 10.5. The summed E-state index contributed by atoms with van der Waals surface area (Å²) in [7, 11) is 0. The van der Waals surface area contributed by atoms with Crippen LogP contribution in [0, 0.1) is 5.82 Å². The van der Waals surface area contributed by atoms with E-state index in [9.17, 15) is 4.39 Å². The Morgan fingerprint density at radius 3 is 2.72 bits per heavy atom. The van der Waals surface area contributed by atoms with Crippen LogP contribution in [-0.4, -0.2) is 15.0 Å². The molecule has 0 aliphatic heterocycles. The van der Waals surface area contributed by atoms with Crippen LogP contribution in [0.15, 0.2) is 72.4 Å². The van der Waals surface area contributed by atoms with Crippen LogP contribution >= 0.6 is 11.3 Å². The first kappa shape index (κ1) is 19.0. The highest BCUT2D eigenvalue weighted by atomic mass is 32.1. The first-order chi connectivity index (χ1) is 15.7. The molecule has 0 atom stereocenters. The molecule has 2 N–H and O–H groups in total. The summed E-state index contributed by atoms with van der Waals surface area (Å²) in [5.41, 5.74) is 6.47. The predicted molar refractivity (Wildman–Crippen MR) is 131 cm³/mol. The molecule has 0 aliphatic carbocycles. The Morgan fingerprint density at radius 1 is 1.00 bits per heavy atom. The molecule has 6 heteroatoms. The van der Waals surface area contributed by atoms with Crippen molar-refractivity contribution in [3.63, 3.8) is 0 Å². The summed E-state index contributed by atoms with van der Waals surface area (Å²) < 4.78 is 13.4. The highest BCUT2D eigenvalue weighted by Gasteiger charge is 2.14. The van der Waals surface area contributed by atoms with Gasteiger partial charge in [0.25, 0.3) is 0 Å². The SMILES string of the molecule is CCc1cccc2c1[nH]c1cc(Nc3ncnc4scc(-c5ccc(F)cc5)c34)ccc12. The van der Waals surface area contributed by atoms with Gasteiger partial charge in [-0.05, 0) is 41.8 Å². The van der Waals surface area contributed by atoms with E-state index in [4.69, 9.17) is 0 Å². The number of benzene rings is 3. The number of nitrogens with zero attached hydrogens (tertiary/aromatic N) is 2. The Morgan fingerprint density at radius 2 is 1.88 bits per heavy atom. The Labute approximate surface area is 187 Å². The van der Waals surface area contributed by atoms with E-state index in [1.807, 2.05) is 5.38 Å². The molecule has 0 saturated heterocycles. The smallest absolute Gasteiger partial charge is 0.143 e. The number of anilines is 2. The lowest BCUT2D eigenvalue weighted by atomic mass is 10.1. The molecule has 32 heavy (non-hydrogen) atoms. The maximum Gasteiger partial charge on any atom is 0.143 e. The van der Waals surface area contributed by atoms with Crippen molar-refractivity contribution in [3.05, 3.63) is 83.8 Å². The summed E-state index contributed by atoms with van der Waals surface area (Å²) in [5, 5.41) is 8.91. The number of hydrogen-bond acceptors (Lipinski definition) is 4. The topological polar surface area (TPSA) is 53.6 Å². The van der Waals surface area contributed by atoms with E-state index in [-0.39, 0.29) is 5.82 Å². The second-order valence-corrected chi connectivity index (χ2v) is 8.62. The lowest BCUT2D eigenvalue weighted by Crippen LogP contribution is -1.95. The van der Waals surface area contributed by atoms with Crippen LogP contribution in [-0.2, 0) is 6.42 Å². The molecule has 156 valence electrons. The molecule has 0 unspecified atom stereocenters. The van der Waals surface area contributed by atoms with Crippen LogP contribution in [0.3, 0.4) is 0 Å². The van der Waals surface area contributed by atoms with Gasteiger partial charge in [0.2, 0.25) is 0 Å². The minimum absolute atomic E-state index is 0.249. The molecule has 0 aliphatic rings. The van der Waals surface area contributed by atoms with E-state index in [0.29, 0.717) is 0 Å². The number of thiophene rings is 1. The summed E-state index contributed by atoms with van der Waals surface area (Å²) in [5.74, 6) is 0.487. The zero-order valence-electron chi connectivity index (χ0n) is 17.3. The number of H-pyrrole nitrogens is 1. The Bertz CT molecular complexity index is 1600. The van der Waals surface area contributed by atoms with Crippen LogP contribution in [0.4, 0.5) is 15.9 Å². The molecule has 0 spiro atoms. The summed E-state index contributed by atoms with van der Waals surface area (Å²) in [4.78, 5) is 13.4. The number of halogens is 1. The highest BCUT2D eigenvalue weighted by molar-refractivity contribution is 7.17. The van der Waals surface area contributed by atoms with Crippen molar-refractivity contribution in [2.24, 2.45) is 0 Å². The number of aromatic nitrogens is 3. The van der Waals surface area contributed by atoms with Gasteiger partial charge in [0.05, 0.1) is 5.39 Å². The largest absolute Gasteiger partial charge is 0.354 e. The molecule has 3 aromatic heterocycles. The fourth-order valence-corrected chi connectivity index (χ4v) is 5.23. The van der Waals surface area contributed by atoms with Crippen molar-refractivity contribution in [1.29, 1.82) is 0 Å². The van der Waals surface area contributed by atoms with Gasteiger partial charge in [-0.1, -0.05) is 43.3 Å². The summed E-state index contributed by atoms with van der Waals surface area (Å²) in [6, 6.07) is 19.3. The van der Waals surface area contributed by atoms with Gasteiger partial charge in [-0.15, -0.1) is 11.3 Å². The van der Waals surface area contributed by atoms with E-state index < -0.39 is 0 Å². The van der Waals surface area contributed by atoms with Crippen molar-refractivity contribution < 1.29 is 4.39 Å². The van der Waals surface area contributed by atoms with Gasteiger partial charge in [-0.2, -0.15) is 0 Å². The fourth-order valence-electron chi connectivity index (χ4n) is 4.31. The fraction of sp³-hybridized carbons (Fsp3) is 0.0769. The van der Waals surface area contributed by atoms with Gasteiger partial charge < -0.3 is 10.3 Å². The van der Waals surface area contributed by atoms with Crippen molar-refractivity contribution in [2.75, 3.05) is 5.32 Å². The molecule has 0 amide bonds. The highest BCUT2D eigenvalue weighted by Crippen LogP contribution is 2.38. The monoisotopic (exact) mass is 438 g/mol. The maximum atomic E-state index is 13.4. The number of aromatic amines is 1.